The van der Waals surface area contributed by atoms with Crippen molar-refractivity contribution in [2.45, 2.75) is 6.92 Å². The molecular formula is C12H17N2O-. The summed E-state index contributed by atoms with van der Waals surface area (Å²) in [4.78, 5) is 2.35. The van der Waals surface area contributed by atoms with Crippen molar-refractivity contribution in [2.24, 2.45) is 0 Å². The van der Waals surface area contributed by atoms with E-state index in [1.165, 1.54) is 5.69 Å². The monoisotopic (exact) mass is 205 g/mol. The fourth-order valence-corrected chi connectivity index (χ4v) is 1.84. The highest BCUT2D eigenvalue weighted by Gasteiger charge is 2.10. The molecule has 1 aliphatic rings. The lowest BCUT2D eigenvalue weighted by Crippen LogP contribution is -2.34. The molecule has 1 saturated heterocycles. The molecule has 0 aliphatic carbocycles. The lowest BCUT2D eigenvalue weighted by Gasteiger charge is -2.37. The molecule has 0 spiro atoms. The molecule has 0 N–H and O–H groups in total. The molecule has 0 amide bonds. The summed E-state index contributed by atoms with van der Waals surface area (Å²) in [5, 5.41) is 4.35. The zero-order valence-corrected chi connectivity index (χ0v) is 9.15. The number of ether oxygens (including phenoxy) is 1. The maximum atomic E-state index is 5.62. The number of benzene rings is 1. The van der Waals surface area contributed by atoms with E-state index in [0.29, 0.717) is 0 Å². The summed E-state index contributed by atoms with van der Waals surface area (Å²) in [6.07, 6.45) is 0. The van der Waals surface area contributed by atoms with Crippen LogP contribution in [0.5, 0.6) is 5.75 Å². The molecule has 15 heavy (non-hydrogen) atoms. The Hall–Kier alpha value is -1.22. The molecule has 1 aliphatic heterocycles. The summed E-state index contributed by atoms with van der Waals surface area (Å²) in [6, 6.07) is 8.23. The van der Waals surface area contributed by atoms with Gasteiger partial charge >= 0.3 is 0 Å². The minimum atomic E-state index is 0.717. The first-order chi connectivity index (χ1) is 7.42. The predicted octanol–water partition coefficient (Wildman–Crippen LogP) is 2.28. The van der Waals surface area contributed by atoms with Gasteiger partial charge in [-0.1, -0.05) is 12.1 Å². The highest BCUT2D eigenvalue weighted by molar-refractivity contribution is 5.59. The molecule has 0 saturated carbocycles. The van der Waals surface area contributed by atoms with E-state index in [9.17, 15) is 0 Å². The smallest absolute Gasteiger partial charge is 0.142 e. The molecule has 0 atom stereocenters. The van der Waals surface area contributed by atoms with Crippen LogP contribution in [0.3, 0.4) is 0 Å². The first-order valence-electron chi connectivity index (χ1n) is 5.52. The standard InChI is InChI=1S/C12H17N2O/c1-2-15-12-6-4-3-5-11(12)14-9-7-13-8-10-14/h3-6H,2,7-10H2,1H3/q-1. The maximum absolute atomic E-state index is 5.62. The minimum Gasteiger partial charge on any atom is -0.659 e. The summed E-state index contributed by atoms with van der Waals surface area (Å²) in [6.45, 7) is 6.60. The van der Waals surface area contributed by atoms with Gasteiger partial charge < -0.3 is 15.0 Å². The van der Waals surface area contributed by atoms with Crippen molar-refractivity contribution >= 4 is 5.69 Å². The Kier molecular flexibility index (Phi) is 3.45. The van der Waals surface area contributed by atoms with Gasteiger partial charge in [0.15, 0.2) is 0 Å². The number of nitrogens with zero attached hydrogens (tertiary/aromatic N) is 2. The van der Waals surface area contributed by atoms with Crippen LogP contribution in [0.1, 0.15) is 6.92 Å². The quantitative estimate of drug-likeness (QED) is 0.756. The van der Waals surface area contributed by atoms with E-state index in [4.69, 9.17) is 4.74 Å². The second-order valence-corrected chi connectivity index (χ2v) is 3.56. The molecule has 3 heteroatoms. The average Bonchev–Trinajstić information content (AvgIpc) is 2.31. The molecule has 1 heterocycles. The highest BCUT2D eigenvalue weighted by atomic mass is 16.5. The SMILES string of the molecule is CCOc1ccccc1N1CC[N-]CC1. The van der Waals surface area contributed by atoms with Crippen molar-refractivity contribution in [3.8, 4) is 5.75 Å². The lowest BCUT2D eigenvalue weighted by atomic mass is 10.2. The Morgan fingerprint density at radius 2 is 2.00 bits per heavy atom. The lowest BCUT2D eigenvalue weighted by molar-refractivity contribution is 0.340. The van der Waals surface area contributed by atoms with E-state index < -0.39 is 0 Å². The van der Waals surface area contributed by atoms with Gasteiger partial charge in [-0.2, -0.15) is 0 Å². The maximum Gasteiger partial charge on any atom is 0.142 e. The summed E-state index contributed by atoms with van der Waals surface area (Å²) in [5.41, 5.74) is 1.20. The van der Waals surface area contributed by atoms with Crippen molar-refractivity contribution in [3.63, 3.8) is 0 Å². The Morgan fingerprint density at radius 3 is 2.73 bits per heavy atom. The first-order valence-corrected chi connectivity index (χ1v) is 5.52. The fourth-order valence-electron chi connectivity index (χ4n) is 1.84. The van der Waals surface area contributed by atoms with Crippen molar-refractivity contribution in [1.82, 2.24) is 0 Å². The number of hydrogen-bond acceptors (Lipinski definition) is 2. The van der Waals surface area contributed by atoms with Crippen molar-refractivity contribution in [1.29, 1.82) is 0 Å². The average molecular weight is 205 g/mol. The third kappa shape index (κ3) is 2.42. The third-order valence-electron chi connectivity index (χ3n) is 2.56. The van der Waals surface area contributed by atoms with Gasteiger partial charge in [0.1, 0.15) is 5.75 Å². The molecule has 0 radical (unpaired) electrons. The zero-order valence-electron chi connectivity index (χ0n) is 9.15. The molecule has 1 aromatic carbocycles. The van der Waals surface area contributed by atoms with Crippen LogP contribution < -0.4 is 9.64 Å². The van der Waals surface area contributed by atoms with Crippen LogP contribution in [-0.4, -0.2) is 32.8 Å². The molecule has 0 unspecified atom stereocenters. The molecular weight excluding hydrogens is 188 g/mol. The van der Waals surface area contributed by atoms with Gasteiger partial charge in [-0.05, 0) is 32.1 Å². The number of hydrogen-bond donors (Lipinski definition) is 0. The van der Waals surface area contributed by atoms with E-state index >= 15 is 0 Å². The molecule has 2 rings (SSSR count). The Morgan fingerprint density at radius 1 is 1.27 bits per heavy atom. The minimum absolute atomic E-state index is 0.717. The Labute approximate surface area is 91.0 Å². The van der Waals surface area contributed by atoms with Gasteiger partial charge in [0.25, 0.3) is 0 Å². The molecule has 1 fully saturated rings. The van der Waals surface area contributed by atoms with Gasteiger partial charge in [0, 0.05) is 0 Å². The van der Waals surface area contributed by atoms with E-state index in [-0.39, 0.29) is 0 Å². The van der Waals surface area contributed by atoms with Crippen LogP contribution in [0.25, 0.3) is 5.32 Å². The number of para-hydroxylation sites is 2. The highest BCUT2D eigenvalue weighted by Crippen LogP contribution is 2.28. The predicted molar refractivity (Wildman–Crippen MR) is 62.9 cm³/mol. The number of piperazine rings is 1. The molecule has 1 aromatic rings. The second kappa shape index (κ2) is 5.03. The van der Waals surface area contributed by atoms with Gasteiger partial charge in [-0.25, -0.2) is 0 Å². The zero-order chi connectivity index (χ0) is 10.5. The fraction of sp³-hybridized carbons (Fsp3) is 0.500. The molecule has 0 bridgehead atoms. The van der Waals surface area contributed by atoms with E-state index in [1.54, 1.807) is 0 Å². The van der Waals surface area contributed by atoms with Crippen LogP contribution in [0.15, 0.2) is 24.3 Å². The normalized spacial score (nSPS) is 16.5. The Balaban J connectivity index is 2.17. The van der Waals surface area contributed by atoms with Gasteiger partial charge in [-0.15, -0.1) is 13.1 Å². The third-order valence-corrected chi connectivity index (χ3v) is 2.56. The number of rotatable bonds is 3. The molecule has 3 nitrogen and oxygen atoms in total. The van der Waals surface area contributed by atoms with Gasteiger partial charge in [0.05, 0.1) is 12.3 Å². The Bertz CT molecular complexity index is 308. The summed E-state index contributed by atoms with van der Waals surface area (Å²) >= 11 is 0. The van der Waals surface area contributed by atoms with Gasteiger partial charge in [0.2, 0.25) is 0 Å². The topological polar surface area (TPSA) is 26.6 Å². The first kappa shape index (κ1) is 10.3. The van der Waals surface area contributed by atoms with E-state index in [2.05, 4.69) is 22.3 Å². The molecule has 0 aromatic heterocycles. The molecule has 82 valence electrons. The van der Waals surface area contributed by atoms with Crippen LogP contribution >= 0.6 is 0 Å². The van der Waals surface area contributed by atoms with Crippen molar-refractivity contribution < 1.29 is 4.74 Å². The van der Waals surface area contributed by atoms with Crippen LogP contribution in [0, 0.1) is 0 Å². The summed E-state index contributed by atoms with van der Waals surface area (Å²) in [5.74, 6) is 0.988. The second-order valence-electron chi connectivity index (χ2n) is 3.56. The van der Waals surface area contributed by atoms with Crippen LogP contribution in [-0.2, 0) is 0 Å². The van der Waals surface area contributed by atoms with E-state index in [1.807, 2.05) is 19.1 Å². The largest absolute Gasteiger partial charge is 0.659 e. The number of anilines is 1. The van der Waals surface area contributed by atoms with Crippen LogP contribution in [0.2, 0.25) is 0 Å². The van der Waals surface area contributed by atoms with Gasteiger partial charge in [-0.3, -0.25) is 0 Å². The summed E-state index contributed by atoms with van der Waals surface area (Å²) < 4.78 is 5.62. The van der Waals surface area contributed by atoms with E-state index in [0.717, 1.165) is 38.5 Å². The van der Waals surface area contributed by atoms with Crippen LogP contribution in [0.4, 0.5) is 5.69 Å². The summed E-state index contributed by atoms with van der Waals surface area (Å²) in [7, 11) is 0. The van der Waals surface area contributed by atoms with Crippen molar-refractivity contribution in [3.05, 3.63) is 29.6 Å². The van der Waals surface area contributed by atoms with Crippen molar-refractivity contribution in [2.75, 3.05) is 37.7 Å².